The molecule has 0 radical (unpaired) electrons. The van der Waals surface area contributed by atoms with E-state index in [0.717, 1.165) is 84.0 Å². The third-order valence-corrected chi connectivity index (χ3v) is 22.8. The molecule has 1 aliphatic carbocycles. The van der Waals surface area contributed by atoms with E-state index in [9.17, 15) is 13.2 Å². The summed E-state index contributed by atoms with van der Waals surface area (Å²) in [5, 5.41) is 3.18. The van der Waals surface area contributed by atoms with Crippen LogP contribution in [-0.4, -0.2) is 52.9 Å². The highest BCUT2D eigenvalue weighted by atomic mass is 32.2. The van der Waals surface area contributed by atoms with E-state index in [1.165, 1.54) is 102 Å². The van der Waals surface area contributed by atoms with Crippen LogP contribution in [0.4, 0.5) is 13.2 Å². The van der Waals surface area contributed by atoms with E-state index < -0.39 is 0 Å². The predicted molar refractivity (Wildman–Crippen MR) is 512 cm³/mol. The molecule has 0 saturated carbocycles. The van der Waals surface area contributed by atoms with Gasteiger partial charge >= 0.3 is 0 Å². The van der Waals surface area contributed by atoms with Gasteiger partial charge in [0.1, 0.15) is 76.4 Å². The first-order chi connectivity index (χ1) is 61.8. The third-order valence-electron chi connectivity index (χ3n) is 21.7. The van der Waals surface area contributed by atoms with E-state index in [4.69, 9.17) is 58.1 Å². The van der Waals surface area contributed by atoms with Crippen LogP contribution in [0.5, 0.6) is 34.5 Å². The minimum Gasteiger partial charge on any atom is -0.486 e. The zero-order valence-corrected chi connectivity index (χ0v) is 73.0. The normalized spacial score (nSPS) is 12.9. The van der Waals surface area contributed by atoms with Crippen molar-refractivity contribution in [1.29, 1.82) is 0 Å². The molecule has 0 bridgehead atoms. The fourth-order valence-corrected chi connectivity index (χ4v) is 16.6. The minimum atomic E-state index is -0.299. The molecular formula is C110H118F3N7O5S. The van der Waals surface area contributed by atoms with Gasteiger partial charge in [-0.25, -0.2) is 13.2 Å². The number of fused-ring (bicyclic) bond motifs is 6. The zero-order chi connectivity index (χ0) is 88.5. The number of nitrogens with one attached hydrogen (secondary N) is 1. The highest BCUT2D eigenvalue weighted by Gasteiger charge is 2.28. The first-order valence-corrected chi connectivity index (χ1v) is 44.2. The Hall–Kier alpha value is -12.3. The van der Waals surface area contributed by atoms with Crippen LogP contribution in [0.3, 0.4) is 0 Å². The van der Waals surface area contributed by atoms with Crippen molar-refractivity contribution in [2.24, 2.45) is 34.4 Å². The predicted octanol–water partition coefficient (Wildman–Crippen LogP) is 24.5. The summed E-state index contributed by atoms with van der Waals surface area (Å²) >= 11 is 1.87. The Bertz CT molecular complexity index is 5250. The summed E-state index contributed by atoms with van der Waals surface area (Å²) in [4.78, 5) is 2.76. The first-order valence-electron chi connectivity index (χ1n) is 43.4. The molecule has 3 aliphatic rings. The Labute approximate surface area is 747 Å². The lowest BCUT2D eigenvalue weighted by molar-refractivity contribution is 0.195. The van der Waals surface area contributed by atoms with Crippen LogP contribution in [0.2, 0.25) is 0 Å². The van der Waals surface area contributed by atoms with Crippen molar-refractivity contribution < 1.29 is 36.9 Å². The van der Waals surface area contributed by atoms with E-state index in [1.54, 1.807) is 30.3 Å². The summed E-state index contributed by atoms with van der Waals surface area (Å²) < 4.78 is 69.1. The number of rotatable bonds is 27. The van der Waals surface area contributed by atoms with E-state index >= 15 is 0 Å². The van der Waals surface area contributed by atoms with Crippen molar-refractivity contribution in [1.82, 2.24) is 5.32 Å². The van der Waals surface area contributed by atoms with Gasteiger partial charge in [0.15, 0.2) is 0 Å². The molecule has 2 unspecified atom stereocenters. The number of nitrogens with two attached hydrogens (primary N) is 6. The van der Waals surface area contributed by atoms with Crippen molar-refractivity contribution in [3.05, 3.63) is 453 Å². The number of aryl methyl sites for hydroxylation is 2. The molecule has 0 amide bonds. The van der Waals surface area contributed by atoms with Crippen LogP contribution < -0.4 is 63.4 Å². The standard InChI is InChI=1S/C17H21NO.C17H17N.C16H18FNO.2C15H16FNO.C15H15NO.C15H15NS/c1-14-8-10-16(11-9-14)19-17(12-13-18-2)15-6-4-3-5-7-15;18-12-11-17-15-7-3-1-5-13(15)9-10-14-6-2-4-8-16(14)17;1-12-5-2-3-8-15(12)19-16(9-10-18)13-6-4-7-14(17)11-13;2*16-13-7-4-8-14(11-13)18-15(9-10-17)12-5-2-1-3-6-12;2*16-10-9-11-12-5-1-3-7-14(12)17-15-8-4-2-6-13(11)15/h3-11,17-18H,12-13H2,1-2H3;1-10,17H,11-12,18H2;2-8,11,16H,9-10,18H2,1H3;2*1-8,11,15H,9-10,17H2;2*1-8,11H,9-10,16H2/t;;;2*15-;;/m...10../s1. The molecule has 16 heteroatoms. The Balaban J connectivity index is 0.000000143. The second-order valence-electron chi connectivity index (χ2n) is 30.7. The maximum Gasteiger partial charge on any atom is 0.131 e. The molecule has 12 nitrogen and oxygen atoms in total. The van der Waals surface area contributed by atoms with Gasteiger partial charge in [0.25, 0.3) is 0 Å². The highest BCUT2D eigenvalue weighted by molar-refractivity contribution is 7.99. The van der Waals surface area contributed by atoms with Crippen molar-refractivity contribution in [2.45, 2.75) is 111 Å². The summed E-state index contributed by atoms with van der Waals surface area (Å²) in [5.74, 6) is 5.10. The second kappa shape index (κ2) is 51.2. The van der Waals surface area contributed by atoms with E-state index in [1.807, 2.05) is 159 Å². The molecule has 14 aromatic carbocycles. The zero-order valence-electron chi connectivity index (χ0n) is 72.2. The van der Waals surface area contributed by atoms with Crippen molar-refractivity contribution in [2.75, 3.05) is 52.9 Å². The first kappa shape index (κ1) is 94.4. The van der Waals surface area contributed by atoms with Crippen molar-refractivity contribution in [3.8, 4) is 34.5 Å². The van der Waals surface area contributed by atoms with Gasteiger partial charge in [-0.1, -0.05) is 296 Å². The number of ether oxygens (including phenoxy) is 5. The van der Waals surface area contributed by atoms with Gasteiger partial charge in [-0.3, -0.25) is 0 Å². The average molecular weight is 1710 g/mol. The summed E-state index contributed by atoms with van der Waals surface area (Å²) in [5.41, 5.74) is 51.3. The van der Waals surface area contributed by atoms with Crippen LogP contribution >= 0.6 is 11.8 Å². The third kappa shape index (κ3) is 28.3. The minimum absolute atomic E-state index is 0.0938. The van der Waals surface area contributed by atoms with E-state index in [-0.39, 0.29) is 41.9 Å². The fourth-order valence-electron chi connectivity index (χ4n) is 15.4. The lowest BCUT2D eigenvalue weighted by Gasteiger charge is -2.27. The summed E-state index contributed by atoms with van der Waals surface area (Å²) in [6.45, 7) is 8.68. The van der Waals surface area contributed by atoms with Crippen LogP contribution in [-0.2, 0) is 0 Å². The Morgan fingerprint density at radius 1 is 0.317 bits per heavy atom. The molecule has 126 heavy (non-hydrogen) atoms. The molecule has 4 atom stereocenters. The van der Waals surface area contributed by atoms with Crippen LogP contribution in [0.15, 0.2) is 368 Å². The molecule has 0 spiro atoms. The smallest absolute Gasteiger partial charge is 0.131 e. The number of hydrogen-bond donors (Lipinski definition) is 7. The van der Waals surface area contributed by atoms with E-state index in [0.29, 0.717) is 81.2 Å². The SMILES string of the molecule is CNCCC(Oc1ccc(C)cc1)c1ccccc1.Cc1ccccc1OC(CCN)c1cccc(F)c1.NCCC1c2ccccc2C=Cc2ccccc21.NCCC1c2ccccc2Oc2ccccc21.NCCC1c2ccccc2Sc2ccccc21.NCC[C@@H](Oc1cccc(F)c1)c1ccccc1.NCC[C@H](Oc1cccc(F)c1)c1ccccc1. The molecule has 0 saturated heterocycles. The number of benzene rings is 14. The van der Waals surface area contributed by atoms with Gasteiger partial charge in [0.05, 0.1) is 0 Å². The molecule has 2 heterocycles. The Morgan fingerprint density at radius 2 is 0.667 bits per heavy atom. The molecule has 13 N–H and O–H groups in total. The maximum atomic E-state index is 13.3. The fraction of sp³-hybridized carbons (Fsp3) is 0.218. The van der Waals surface area contributed by atoms with Crippen LogP contribution in [0.25, 0.3) is 12.2 Å². The highest BCUT2D eigenvalue weighted by Crippen LogP contribution is 2.48. The second-order valence-corrected chi connectivity index (χ2v) is 31.8. The Morgan fingerprint density at radius 3 is 1.10 bits per heavy atom. The summed E-state index contributed by atoms with van der Waals surface area (Å²) in [6.07, 6.45) is 9.98. The topological polar surface area (TPSA) is 214 Å². The lowest BCUT2D eigenvalue weighted by Crippen LogP contribution is -2.16. The van der Waals surface area contributed by atoms with Crippen LogP contribution in [0, 0.1) is 31.3 Å². The monoisotopic (exact) mass is 1710 g/mol. The molecular weight excluding hydrogens is 1590 g/mol. The molecule has 14 aromatic rings. The number of para-hydroxylation sites is 3. The lowest BCUT2D eigenvalue weighted by atomic mass is 9.85. The van der Waals surface area contributed by atoms with Gasteiger partial charge in [0, 0.05) is 76.5 Å². The van der Waals surface area contributed by atoms with Gasteiger partial charge < -0.3 is 63.4 Å². The number of hydrogen-bond acceptors (Lipinski definition) is 13. The summed E-state index contributed by atoms with van der Waals surface area (Å²) in [7, 11) is 1.97. The Kier molecular flexibility index (Phi) is 38.3. The maximum absolute atomic E-state index is 13.3. The van der Waals surface area contributed by atoms with Crippen molar-refractivity contribution in [3.63, 3.8) is 0 Å². The largest absolute Gasteiger partial charge is 0.486 e. The molecule has 650 valence electrons. The van der Waals surface area contributed by atoms with Gasteiger partial charge in [-0.2, -0.15) is 0 Å². The van der Waals surface area contributed by atoms with Crippen LogP contribution in [0.1, 0.15) is 165 Å². The quantitative estimate of drug-likeness (QED) is 0.0256. The van der Waals surface area contributed by atoms with E-state index in [2.05, 4.69) is 182 Å². The number of halogens is 3. The van der Waals surface area contributed by atoms with Gasteiger partial charge in [0.2, 0.25) is 0 Å². The molecule has 2 aliphatic heterocycles. The summed E-state index contributed by atoms with van der Waals surface area (Å²) in [6, 6.07) is 116. The van der Waals surface area contributed by atoms with Gasteiger partial charge in [-0.05, 0) is 226 Å². The molecule has 0 aromatic heterocycles. The molecule has 0 fully saturated rings. The average Bonchev–Trinajstić information content (AvgIpc) is 1.02. The van der Waals surface area contributed by atoms with Gasteiger partial charge in [-0.15, -0.1) is 0 Å². The van der Waals surface area contributed by atoms with Crippen molar-refractivity contribution >= 4 is 23.9 Å². The molecule has 17 rings (SSSR count).